The summed E-state index contributed by atoms with van der Waals surface area (Å²) in [5.41, 5.74) is 1.14. The highest BCUT2D eigenvalue weighted by Crippen LogP contribution is 2.39. The third-order valence-electron chi connectivity index (χ3n) is 13.2. The van der Waals surface area contributed by atoms with Crippen molar-refractivity contribution in [2.24, 2.45) is 0 Å². The summed E-state index contributed by atoms with van der Waals surface area (Å²) in [5, 5.41) is 0.624. The number of rotatable bonds is 22. The van der Waals surface area contributed by atoms with Gasteiger partial charge in [-0.25, -0.2) is 12.8 Å². The Morgan fingerprint density at radius 2 is 1.27 bits per heavy atom. The second-order valence-corrected chi connectivity index (χ2v) is 20.7. The van der Waals surface area contributed by atoms with Crippen LogP contribution in [0.5, 0.6) is 5.75 Å². The molecule has 4 heterocycles. The van der Waals surface area contributed by atoms with Gasteiger partial charge in [0.05, 0.1) is 17.8 Å². The number of anilines is 1. The standard InChI is InChI=1S/C47H72FN5O4S2/c1-4-5-6-7-8-9-10-11-12-13-14-15-16-17-34-57-40-18-21-45(43(48)35-40)59(55,56)46-37-49-44-20-19-41(58(3)54)36-42(44)47(46)53-28-24-38(25-29-53)51-26-22-39(23-27-51)52-32-30-50(2)31-33-52/h18-21,35-39H,4-17,22-34H2,1-3H3. The van der Waals surface area contributed by atoms with Crippen LogP contribution in [-0.4, -0.2) is 117 Å². The number of sulfone groups is 1. The minimum atomic E-state index is -4.32. The van der Waals surface area contributed by atoms with Gasteiger partial charge in [0, 0.05) is 91.0 Å². The van der Waals surface area contributed by atoms with Crippen molar-refractivity contribution in [3.63, 3.8) is 0 Å². The van der Waals surface area contributed by atoms with Crippen LogP contribution in [0, 0.1) is 5.82 Å². The molecule has 0 spiro atoms. The van der Waals surface area contributed by atoms with E-state index in [2.05, 4.69) is 38.6 Å². The van der Waals surface area contributed by atoms with E-state index in [1.165, 1.54) is 102 Å². The van der Waals surface area contributed by atoms with Crippen LogP contribution in [0.4, 0.5) is 10.1 Å². The molecule has 6 rings (SSSR count). The zero-order chi connectivity index (χ0) is 41.6. The van der Waals surface area contributed by atoms with Gasteiger partial charge in [0.25, 0.3) is 0 Å². The molecule has 3 aliphatic heterocycles. The van der Waals surface area contributed by atoms with Crippen molar-refractivity contribution in [1.29, 1.82) is 0 Å². The summed E-state index contributed by atoms with van der Waals surface area (Å²) in [6.07, 6.45) is 25.0. The largest absolute Gasteiger partial charge is 0.493 e. The smallest absolute Gasteiger partial charge is 0.213 e. The predicted molar refractivity (Wildman–Crippen MR) is 241 cm³/mol. The van der Waals surface area contributed by atoms with Crippen LogP contribution >= 0.6 is 0 Å². The second-order valence-electron chi connectivity index (χ2n) is 17.5. The molecule has 12 heteroatoms. The molecule has 3 saturated heterocycles. The number of piperazine rings is 1. The fourth-order valence-electron chi connectivity index (χ4n) is 9.49. The highest BCUT2D eigenvalue weighted by molar-refractivity contribution is 7.91. The number of piperidine rings is 2. The van der Waals surface area contributed by atoms with Gasteiger partial charge in [-0.1, -0.05) is 90.4 Å². The lowest BCUT2D eigenvalue weighted by Gasteiger charge is -2.46. The Morgan fingerprint density at radius 1 is 0.712 bits per heavy atom. The van der Waals surface area contributed by atoms with E-state index >= 15 is 4.39 Å². The maximum atomic E-state index is 15.9. The average molecular weight is 854 g/mol. The lowest BCUT2D eigenvalue weighted by Crippen LogP contribution is -2.54. The SMILES string of the molecule is CCCCCCCCCCCCCCCCOc1ccc(S(=O)(=O)c2cnc3ccc(S(C)=O)cc3c2N2CCC(N3CCC(N4CCN(C)CC4)CC3)CC2)c(F)c1. The lowest BCUT2D eigenvalue weighted by molar-refractivity contribution is 0.0495. The van der Waals surface area contributed by atoms with E-state index in [-0.39, 0.29) is 4.90 Å². The Hall–Kier alpha value is -2.64. The van der Waals surface area contributed by atoms with E-state index < -0.39 is 31.3 Å². The van der Waals surface area contributed by atoms with Crippen molar-refractivity contribution in [2.45, 2.75) is 149 Å². The molecule has 1 aromatic heterocycles. The van der Waals surface area contributed by atoms with Crippen molar-refractivity contribution in [3.8, 4) is 5.75 Å². The van der Waals surface area contributed by atoms with Crippen molar-refractivity contribution < 1.29 is 21.8 Å². The molecule has 1 unspecified atom stereocenters. The van der Waals surface area contributed by atoms with Gasteiger partial charge in [0.1, 0.15) is 21.4 Å². The molecule has 9 nitrogen and oxygen atoms in total. The number of ether oxygens (including phenoxy) is 1. The summed E-state index contributed by atoms with van der Waals surface area (Å²) in [6, 6.07) is 10.5. The van der Waals surface area contributed by atoms with Gasteiger partial charge in [-0.3, -0.25) is 14.1 Å². The summed E-state index contributed by atoms with van der Waals surface area (Å²) >= 11 is 0. The molecule has 3 fully saturated rings. The fraction of sp³-hybridized carbons (Fsp3) is 0.681. The highest BCUT2D eigenvalue weighted by atomic mass is 32.2. The number of pyridine rings is 1. The molecule has 2 aromatic carbocycles. The molecule has 328 valence electrons. The van der Waals surface area contributed by atoms with E-state index in [1.54, 1.807) is 30.5 Å². The Labute approximate surface area is 357 Å². The van der Waals surface area contributed by atoms with Crippen LogP contribution in [-0.2, 0) is 20.6 Å². The molecular weight excluding hydrogens is 782 g/mol. The van der Waals surface area contributed by atoms with E-state index in [0.29, 0.717) is 59.0 Å². The number of hydrogen-bond acceptors (Lipinski definition) is 9. The van der Waals surface area contributed by atoms with Crippen LogP contribution in [0.25, 0.3) is 10.9 Å². The molecule has 0 saturated carbocycles. The van der Waals surface area contributed by atoms with E-state index in [0.717, 1.165) is 71.4 Å². The first-order chi connectivity index (χ1) is 28.7. The van der Waals surface area contributed by atoms with Crippen molar-refractivity contribution >= 4 is 37.2 Å². The zero-order valence-electron chi connectivity index (χ0n) is 36.4. The third-order valence-corrected chi connectivity index (χ3v) is 15.9. The van der Waals surface area contributed by atoms with Gasteiger partial charge in [-0.2, -0.15) is 0 Å². The summed E-state index contributed by atoms with van der Waals surface area (Å²) in [6.45, 7) is 10.8. The zero-order valence-corrected chi connectivity index (χ0v) is 38.0. The van der Waals surface area contributed by atoms with Crippen molar-refractivity contribution in [1.82, 2.24) is 19.7 Å². The first-order valence-corrected chi connectivity index (χ1v) is 26.0. The third kappa shape index (κ3) is 12.7. The molecule has 59 heavy (non-hydrogen) atoms. The Balaban J connectivity index is 1.04. The second kappa shape index (κ2) is 23.0. The van der Waals surface area contributed by atoms with Gasteiger partial charge in [0.15, 0.2) is 0 Å². The summed E-state index contributed by atoms with van der Waals surface area (Å²) < 4.78 is 63.3. The van der Waals surface area contributed by atoms with E-state index in [4.69, 9.17) is 4.74 Å². The van der Waals surface area contributed by atoms with Crippen molar-refractivity contribution in [2.75, 3.05) is 77.2 Å². The molecule has 0 aliphatic carbocycles. The monoisotopic (exact) mass is 854 g/mol. The summed E-state index contributed by atoms with van der Waals surface area (Å²) in [4.78, 5) is 14.6. The number of aromatic nitrogens is 1. The maximum Gasteiger partial charge on any atom is 0.213 e. The fourth-order valence-corrected chi connectivity index (χ4v) is 11.5. The lowest BCUT2D eigenvalue weighted by atomic mass is 9.96. The first kappa shape index (κ1) is 45.9. The minimum absolute atomic E-state index is 0.0227. The van der Waals surface area contributed by atoms with E-state index in [1.807, 2.05) is 0 Å². The molecule has 0 radical (unpaired) electrons. The quantitative estimate of drug-likeness (QED) is 0.0919. The highest BCUT2D eigenvalue weighted by Gasteiger charge is 2.34. The van der Waals surface area contributed by atoms with Gasteiger partial charge < -0.3 is 19.4 Å². The van der Waals surface area contributed by atoms with Gasteiger partial charge in [0.2, 0.25) is 9.84 Å². The summed E-state index contributed by atoms with van der Waals surface area (Å²) in [7, 11) is -3.40. The molecular formula is C47H72FN5O4S2. The first-order valence-electron chi connectivity index (χ1n) is 23.0. The Bertz CT molecular complexity index is 1890. The van der Waals surface area contributed by atoms with Crippen LogP contribution in [0.1, 0.15) is 122 Å². The topological polar surface area (TPSA) is 86.3 Å². The van der Waals surface area contributed by atoms with Crippen LogP contribution in [0.2, 0.25) is 0 Å². The molecule has 0 N–H and O–H groups in total. The van der Waals surface area contributed by atoms with Gasteiger partial charge >= 0.3 is 0 Å². The number of likely N-dealkylation sites (N-methyl/N-ethyl adjacent to an activating group) is 1. The number of halogens is 1. The number of benzene rings is 2. The number of likely N-dealkylation sites (tertiary alicyclic amines) is 1. The maximum absolute atomic E-state index is 15.9. The van der Waals surface area contributed by atoms with Crippen molar-refractivity contribution in [3.05, 3.63) is 48.4 Å². The number of hydrogen-bond donors (Lipinski definition) is 0. The molecule has 1 atom stereocenters. The molecule has 0 amide bonds. The van der Waals surface area contributed by atoms with Crippen LogP contribution < -0.4 is 9.64 Å². The van der Waals surface area contributed by atoms with E-state index in [9.17, 15) is 12.6 Å². The normalized spacial score (nSPS) is 18.8. The molecule has 3 aromatic rings. The number of fused-ring (bicyclic) bond motifs is 1. The Morgan fingerprint density at radius 3 is 1.85 bits per heavy atom. The van der Waals surface area contributed by atoms with Crippen LogP contribution in [0.3, 0.4) is 0 Å². The van der Waals surface area contributed by atoms with Gasteiger partial charge in [-0.15, -0.1) is 0 Å². The minimum Gasteiger partial charge on any atom is -0.493 e. The number of unbranched alkanes of at least 4 members (excludes halogenated alkanes) is 13. The molecule has 0 bridgehead atoms. The van der Waals surface area contributed by atoms with Gasteiger partial charge in [-0.05, 0) is 82.6 Å². The Kier molecular flexibility index (Phi) is 17.9. The number of nitrogens with zero attached hydrogens (tertiary/aromatic N) is 5. The molecule has 3 aliphatic rings. The van der Waals surface area contributed by atoms with Crippen LogP contribution in [0.15, 0.2) is 57.3 Å². The summed E-state index contributed by atoms with van der Waals surface area (Å²) in [5.74, 6) is -0.505. The average Bonchev–Trinajstić information content (AvgIpc) is 3.24. The predicted octanol–water partition coefficient (Wildman–Crippen LogP) is 9.48.